The number of esters is 1. The van der Waals surface area contributed by atoms with Gasteiger partial charge in [0.15, 0.2) is 0 Å². The predicted molar refractivity (Wildman–Crippen MR) is 86.4 cm³/mol. The first-order valence-electron chi connectivity index (χ1n) is 7.05. The quantitative estimate of drug-likeness (QED) is 0.642. The Labute approximate surface area is 129 Å². The van der Waals surface area contributed by atoms with Gasteiger partial charge in [0, 0.05) is 42.5 Å². The molecule has 22 heavy (non-hydrogen) atoms. The van der Waals surface area contributed by atoms with Crippen LogP contribution in [0.3, 0.4) is 0 Å². The summed E-state index contributed by atoms with van der Waals surface area (Å²) in [6.45, 7) is 3.92. The number of benzene rings is 1. The molecule has 0 saturated heterocycles. The molecule has 0 amide bonds. The molecular weight excluding hydrogens is 283 g/mol. The topological polar surface area (TPSA) is 42.4 Å². The molecule has 0 bridgehead atoms. The maximum atomic E-state index is 13.9. The van der Waals surface area contributed by atoms with Crippen molar-refractivity contribution in [2.75, 3.05) is 25.6 Å². The Balaban J connectivity index is 2.62. The minimum Gasteiger partial charge on any atom is -0.463 e. The van der Waals surface area contributed by atoms with Crippen molar-refractivity contribution in [1.29, 1.82) is 0 Å². The van der Waals surface area contributed by atoms with E-state index >= 15 is 0 Å². The summed E-state index contributed by atoms with van der Waals surface area (Å²) >= 11 is 0. The van der Waals surface area contributed by atoms with Gasteiger partial charge in [-0.1, -0.05) is 0 Å². The second-order valence-corrected chi connectivity index (χ2v) is 5.15. The molecular formula is C17H19FN2O2. The summed E-state index contributed by atoms with van der Waals surface area (Å²) in [5, 5.41) is 0.708. The molecule has 0 N–H and O–H groups in total. The van der Waals surface area contributed by atoms with E-state index in [0.717, 1.165) is 11.4 Å². The lowest BCUT2D eigenvalue weighted by Gasteiger charge is -2.17. The third-order valence-electron chi connectivity index (χ3n) is 3.18. The van der Waals surface area contributed by atoms with Crippen LogP contribution in [0.5, 0.6) is 0 Å². The third-order valence-corrected chi connectivity index (χ3v) is 3.18. The van der Waals surface area contributed by atoms with Gasteiger partial charge in [0.05, 0.1) is 12.1 Å². The number of fused-ring (bicyclic) bond motifs is 1. The molecule has 2 rings (SSSR count). The minimum atomic E-state index is -0.458. The number of aromatic nitrogens is 1. The second-order valence-electron chi connectivity index (χ2n) is 5.15. The van der Waals surface area contributed by atoms with Crippen LogP contribution >= 0.6 is 0 Å². The van der Waals surface area contributed by atoms with E-state index in [4.69, 9.17) is 4.74 Å². The third kappa shape index (κ3) is 3.42. The molecule has 4 nitrogen and oxygen atoms in total. The Bertz CT molecular complexity index is 739. The first-order chi connectivity index (χ1) is 10.4. The van der Waals surface area contributed by atoms with Gasteiger partial charge >= 0.3 is 5.97 Å². The fourth-order valence-corrected chi connectivity index (χ4v) is 2.27. The highest BCUT2D eigenvalue weighted by Gasteiger charge is 2.11. The van der Waals surface area contributed by atoms with Gasteiger partial charge in [-0.3, -0.25) is 4.98 Å². The number of pyridine rings is 1. The number of carbonyl (C=O) groups is 1. The highest BCUT2D eigenvalue weighted by Crippen LogP contribution is 2.29. The fraction of sp³-hybridized carbons (Fsp3) is 0.294. The number of hydrogen-bond donors (Lipinski definition) is 0. The molecule has 0 saturated carbocycles. The minimum absolute atomic E-state index is 0.301. The zero-order valence-corrected chi connectivity index (χ0v) is 13.2. The predicted octanol–water partition coefficient (Wildman–Crippen LogP) is 3.32. The molecule has 0 aliphatic heterocycles. The lowest BCUT2D eigenvalue weighted by atomic mass is 10.1. The number of nitrogens with zero attached hydrogens (tertiary/aromatic N) is 2. The SMILES string of the molecule is CCOC(=O)/C=C/c1cc(F)cc2c(N(C)C)cc(C)nc12. The first kappa shape index (κ1) is 15.9. The van der Waals surface area contributed by atoms with Crippen LogP contribution in [0.2, 0.25) is 0 Å². The summed E-state index contributed by atoms with van der Waals surface area (Å²) in [5.41, 5.74) is 2.92. The number of halogens is 1. The van der Waals surface area contributed by atoms with E-state index in [1.54, 1.807) is 6.92 Å². The summed E-state index contributed by atoms with van der Waals surface area (Å²) in [6.07, 6.45) is 2.83. The molecule has 5 heteroatoms. The molecule has 0 radical (unpaired) electrons. The van der Waals surface area contributed by atoms with Crippen LogP contribution in [-0.4, -0.2) is 31.7 Å². The van der Waals surface area contributed by atoms with E-state index in [2.05, 4.69) is 4.98 Å². The summed E-state index contributed by atoms with van der Waals surface area (Å²) in [7, 11) is 3.79. The van der Waals surface area contributed by atoms with Gasteiger partial charge in [-0.05, 0) is 38.1 Å². The molecule has 116 valence electrons. The van der Waals surface area contributed by atoms with Gasteiger partial charge < -0.3 is 9.64 Å². The van der Waals surface area contributed by atoms with Crippen LogP contribution in [0.1, 0.15) is 18.2 Å². The Morgan fingerprint density at radius 1 is 1.36 bits per heavy atom. The molecule has 1 aromatic heterocycles. The van der Waals surface area contributed by atoms with Crippen molar-refractivity contribution in [3.8, 4) is 0 Å². The van der Waals surface area contributed by atoms with Crippen molar-refractivity contribution in [2.24, 2.45) is 0 Å². The van der Waals surface area contributed by atoms with Crippen molar-refractivity contribution in [1.82, 2.24) is 4.98 Å². The van der Waals surface area contributed by atoms with Crippen LogP contribution in [0.15, 0.2) is 24.3 Å². The number of anilines is 1. The lowest BCUT2D eigenvalue weighted by molar-refractivity contribution is -0.137. The van der Waals surface area contributed by atoms with Gasteiger partial charge in [-0.2, -0.15) is 0 Å². The van der Waals surface area contributed by atoms with E-state index < -0.39 is 5.97 Å². The summed E-state index contributed by atoms with van der Waals surface area (Å²) < 4.78 is 18.8. The molecule has 0 aliphatic carbocycles. The number of hydrogen-bond acceptors (Lipinski definition) is 4. The van der Waals surface area contributed by atoms with E-state index in [-0.39, 0.29) is 5.82 Å². The summed E-state index contributed by atoms with van der Waals surface area (Å²) in [6, 6.07) is 4.73. The van der Waals surface area contributed by atoms with E-state index in [0.29, 0.717) is 23.1 Å². The van der Waals surface area contributed by atoms with Gasteiger partial charge in [0.25, 0.3) is 0 Å². The number of ether oxygens (including phenoxy) is 1. The smallest absolute Gasteiger partial charge is 0.330 e. The molecule has 0 atom stereocenters. The molecule has 0 aliphatic rings. The normalized spacial score (nSPS) is 11.1. The van der Waals surface area contributed by atoms with Gasteiger partial charge in [-0.25, -0.2) is 9.18 Å². The summed E-state index contributed by atoms with van der Waals surface area (Å²) in [4.78, 5) is 17.8. The number of rotatable bonds is 4. The van der Waals surface area contributed by atoms with Crippen molar-refractivity contribution < 1.29 is 13.9 Å². The average molecular weight is 302 g/mol. The molecule has 0 fully saturated rings. The largest absolute Gasteiger partial charge is 0.463 e. The first-order valence-corrected chi connectivity index (χ1v) is 7.05. The Hall–Kier alpha value is -2.43. The van der Waals surface area contributed by atoms with E-state index in [1.807, 2.05) is 32.0 Å². The van der Waals surface area contributed by atoms with Gasteiger partial charge in [-0.15, -0.1) is 0 Å². The maximum Gasteiger partial charge on any atom is 0.330 e. The number of aryl methyl sites for hydroxylation is 1. The molecule has 0 spiro atoms. The summed E-state index contributed by atoms with van der Waals surface area (Å²) in [5.74, 6) is -0.829. The monoisotopic (exact) mass is 302 g/mol. The standard InChI is InChI=1S/C17H19FN2O2/c1-5-22-16(21)7-6-12-9-13(18)10-14-15(20(3)4)8-11(2)19-17(12)14/h6-10H,5H2,1-4H3/b7-6+. The van der Waals surface area contributed by atoms with Crippen molar-refractivity contribution in [3.63, 3.8) is 0 Å². The lowest BCUT2D eigenvalue weighted by Crippen LogP contribution is -2.10. The zero-order chi connectivity index (χ0) is 16.3. The van der Waals surface area contributed by atoms with Gasteiger partial charge in [0.1, 0.15) is 5.82 Å². The highest BCUT2D eigenvalue weighted by atomic mass is 19.1. The molecule has 2 aromatic rings. The zero-order valence-electron chi connectivity index (χ0n) is 13.2. The Morgan fingerprint density at radius 2 is 2.09 bits per heavy atom. The Morgan fingerprint density at radius 3 is 2.73 bits per heavy atom. The molecule has 1 heterocycles. The Kier molecular flexibility index (Phi) is 4.75. The highest BCUT2D eigenvalue weighted by molar-refractivity contribution is 5.98. The van der Waals surface area contributed by atoms with Crippen molar-refractivity contribution in [2.45, 2.75) is 13.8 Å². The second kappa shape index (κ2) is 6.56. The van der Waals surface area contributed by atoms with Crippen LogP contribution < -0.4 is 4.90 Å². The van der Waals surface area contributed by atoms with Crippen molar-refractivity contribution in [3.05, 3.63) is 41.3 Å². The van der Waals surface area contributed by atoms with Crippen molar-refractivity contribution >= 4 is 28.6 Å². The molecule has 0 unspecified atom stereocenters. The van der Waals surface area contributed by atoms with Gasteiger partial charge in [0.2, 0.25) is 0 Å². The van der Waals surface area contributed by atoms with Crippen LogP contribution in [0, 0.1) is 12.7 Å². The van der Waals surface area contributed by atoms with E-state index in [1.165, 1.54) is 24.3 Å². The van der Waals surface area contributed by atoms with E-state index in [9.17, 15) is 9.18 Å². The number of carbonyl (C=O) groups excluding carboxylic acids is 1. The van der Waals surface area contributed by atoms with Crippen LogP contribution in [-0.2, 0) is 9.53 Å². The molecule has 1 aromatic carbocycles. The maximum absolute atomic E-state index is 13.9. The average Bonchev–Trinajstić information content (AvgIpc) is 2.44. The fourth-order valence-electron chi connectivity index (χ4n) is 2.27. The van der Waals surface area contributed by atoms with Crippen LogP contribution in [0.4, 0.5) is 10.1 Å². The van der Waals surface area contributed by atoms with Crippen LogP contribution in [0.25, 0.3) is 17.0 Å².